The average Bonchev–Trinajstić information content (AvgIpc) is 3.17. The van der Waals surface area contributed by atoms with Gasteiger partial charge in [0.25, 0.3) is 5.56 Å². The molecule has 0 amide bonds. The lowest BCUT2D eigenvalue weighted by Gasteiger charge is -2.24. The predicted octanol–water partition coefficient (Wildman–Crippen LogP) is 3.00. The molecule has 0 unspecified atom stereocenters. The monoisotopic (exact) mass is 491 g/mol. The van der Waals surface area contributed by atoms with E-state index in [1.54, 1.807) is 51.2 Å². The highest BCUT2D eigenvalue weighted by atomic mass is 32.1. The molecule has 0 saturated heterocycles. The van der Waals surface area contributed by atoms with Crippen molar-refractivity contribution in [2.45, 2.75) is 26.8 Å². The molecule has 9 heteroatoms. The molecule has 0 radical (unpaired) electrons. The Balaban J connectivity index is 1.73. The van der Waals surface area contributed by atoms with Gasteiger partial charge in [0.2, 0.25) is 0 Å². The van der Waals surface area contributed by atoms with Crippen molar-refractivity contribution in [2.75, 3.05) is 18.5 Å². The third-order valence-corrected chi connectivity index (χ3v) is 6.38. The maximum Gasteiger partial charge on any atom is 0.338 e. The number of rotatable bonds is 7. The molecule has 35 heavy (non-hydrogen) atoms. The number of fused-ring (bicyclic) bond motifs is 1. The molecule has 2 heterocycles. The molecular formula is C26H25N3O5S. The Morgan fingerprint density at radius 1 is 1.03 bits per heavy atom. The number of esters is 2. The summed E-state index contributed by atoms with van der Waals surface area (Å²) in [5.74, 6) is -0.877. The minimum absolute atomic E-state index is 0.223. The number of carbonyl (C=O) groups is 2. The molecule has 2 aromatic carbocycles. The quantitative estimate of drug-likeness (QED) is 0.510. The minimum Gasteiger partial charge on any atom is -0.463 e. The zero-order valence-electron chi connectivity index (χ0n) is 19.6. The maximum absolute atomic E-state index is 13.5. The molecule has 1 aromatic heterocycles. The van der Waals surface area contributed by atoms with Crippen LogP contribution in [0.3, 0.4) is 0 Å². The minimum atomic E-state index is -0.641. The van der Waals surface area contributed by atoms with Crippen LogP contribution in [0.4, 0.5) is 5.69 Å². The molecule has 0 bridgehead atoms. The van der Waals surface area contributed by atoms with E-state index in [4.69, 9.17) is 9.47 Å². The van der Waals surface area contributed by atoms with Crippen molar-refractivity contribution < 1.29 is 19.1 Å². The molecule has 0 saturated carbocycles. The van der Waals surface area contributed by atoms with Gasteiger partial charge in [-0.1, -0.05) is 41.7 Å². The molecule has 0 fully saturated rings. The highest BCUT2D eigenvalue weighted by Gasteiger charge is 2.33. The van der Waals surface area contributed by atoms with E-state index in [2.05, 4.69) is 10.3 Å². The zero-order valence-corrected chi connectivity index (χ0v) is 20.4. The number of nitrogens with zero attached hydrogens (tertiary/aromatic N) is 2. The Morgan fingerprint density at radius 2 is 1.69 bits per heavy atom. The summed E-state index contributed by atoms with van der Waals surface area (Å²) in [4.78, 5) is 43.2. The molecule has 1 aliphatic heterocycles. The van der Waals surface area contributed by atoms with Crippen molar-refractivity contribution in [1.29, 1.82) is 0 Å². The summed E-state index contributed by atoms with van der Waals surface area (Å²) in [5, 5.41) is 3.10. The van der Waals surface area contributed by atoms with Crippen LogP contribution in [0.1, 0.15) is 42.7 Å². The highest BCUT2D eigenvalue weighted by molar-refractivity contribution is 7.07. The fourth-order valence-corrected chi connectivity index (χ4v) is 4.78. The van der Waals surface area contributed by atoms with Crippen molar-refractivity contribution in [2.24, 2.45) is 4.99 Å². The van der Waals surface area contributed by atoms with Gasteiger partial charge in [0, 0.05) is 11.9 Å². The number of aromatic nitrogens is 1. The molecule has 180 valence electrons. The summed E-state index contributed by atoms with van der Waals surface area (Å²) in [5.41, 5.74) is 2.54. The lowest BCUT2D eigenvalue weighted by atomic mass is 9.96. The Hall–Kier alpha value is -3.98. The SMILES string of the molecule is CCOC(=O)C1=C(C)N=c2sc(=CNc3ccc(C(=O)OCC)cc3)c(=O)n2[C@H]1c1ccccc1. The number of nitrogens with one attached hydrogen (secondary N) is 1. The Morgan fingerprint density at radius 3 is 2.34 bits per heavy atom. The molecule has 1 atom stereocenters. The standard InChI is InChI=1S/C26H25N3O5S/c1-4-33-24(31)18-11-13-19(14-12-18)27-15-20-23(30)29-22(17-9-7-6-8-10-17)21(25(32)34-5-2)16(3)28-26(29)35-20/h6-15,22,27H,4-5H2,1-3H3/t22-/m0/s1. The van der Waals surface area contributed by atoms with Gasteiger partial charge in [-0.05, 0) is 50.6 Å². The predicted molar refractivity (Wildman–Crippen MR) is 134 cm³/mol. The third-order valence-electron chi connectivity index (χ3n) is 5.40. The fraction of sp³-hybridized carbons (Fsp3) is 0.231. The van der Waals surface area contributed by atoms with Gasteiger partial charge in [0.05, 0.1) is 36.1 Å². The lowest BCUT2D eigenvalue weighted by Crippen LogP contribution is -2.40. The number of hydrogen-bond donors (Lipinski definition) is 1. The molecule has 3 aromatic rings. The van der Waals surface area contributed by atoms with Gasteiger partial charge in [-0.2, -0.15) is 0 Å². The highest BCUT2D eigenvalue weighted by Crippen LogP contribution is 2.30. The number of carbonyl (C=O) groups excluding carboxylic acids is 2. The summed E-state index contributed by atoms with van der Waals surface area (Å²) in [7, 11) is 0. The third kappa shape index (κ3) is 4.95. The van der Waals surface area contributed by atoms with Crippen molar-refractivity contribution in [3.05, 3.63) is 96.7 Å². The van der Waals surface area contributed by atoms with E-state index >= 15 is 0 Å². The Kier molecular flexibility index (Phi) is 7.26. The summed E-state index contributed by atoms with van der Waals surface area (Å²) < 4.78 is 12.3. The first-order valence-electron chi connectivity index (χ1n) is 11.2. The first kappa shape index (κ1) is 24.2. The summed E-state index contributed by atoms with van der Waals surface area (Å²) in [6, 6.07) is 15.5. The Labute approximate surface area is 205 Å². The number of thiazole rings is 1. The van der Waals surface area contributed by atoms with Crippen LogP contribution in [0.2, 0.25) is 0 Å². The van der Waals surface area contributed by atoms with Gasteiger partial charge >= 0.3 is 11.9 Å². The van der Waals surface area contributed by atoms with Crippen LogP contribution in [-0.4, -0.2) is 29.7 Å². The van der Waals surface area contributed by atoms with Gasteiger partial charge in [0.15, 0.2) is 4.80 Å². The second-order valence-electron chi connectivity index (χ2n) is 7.66. The van der Waals surface area contributed by atoms with Gasteiger partial charge in [-0.15, -0.1) is 0 Å². The lowest BCUT2D eigenvalue weighted by molar-refractivity contribution is -0.139. The van der Waals surface area contributed by atoms with Crippen LogP contribution in [0.5, 0.6) is 0 Å². The van der Waals surface area contributed by atoms with Crippen LogP contribution < -0.4 is 20.2 Å². The molecule has 0 aliphatic carbocycles. The van der Waals surface area contributed by atoms with Crippen LogP contribution in [0, 0.1) is 0 Å². The summed E-state index contributed by atoms with van der Waals surface area (Å²) in [6.07, 6.45) is 1.61. The smallest absolute Gasteiger partial charge is 0.338 e. The van der Waals surface area contributed by atoms with Gasteiger partial charge in [0.1, 0.15) is 4.53 Å². The zero-order chi connectivity index (χ0) is 24.9. The van der Waals surface area contributed by atoms with Crippen molar-refractivity contribution >= 4 is 35.2 Å². The largest absolute Gasteiger partial charge is 0.463 e. The normalized spacial score (nSPS) is 15.3. The number of allylic oxidation sites excluding steroid dienone is 1. The molecule has 1 N–H and O–H groups in total. The summed E-state index contributed by atoms with van der Waals surface area (Å²) in [6.45, 7) is 5.78. The van der Waals surface area contributed by atoms with E-state index in [1.165, 1.54) is 15.9 Å². The number of anilines is 1. The second kappa shape index (κ2) is 10.5. The van der Waals surface area contributed by atoms with E-state index in [9.17, 15) is 14.4 Å². The fourth-order valence-electron chi connectivity index (χ4n) is 3.81. The molecule has 4 rings (SSSR count). The molecular weight excluding hydrogens is 466 g/mol. The maximum atomic E-state index is 13.5. The van der Waals surface area contributed by atoms with E-state index in [0.29, 0.717) is 38.5 Å². The topological polar surface area (TPSA) is 99.0 Å². The van der Waals surface area contributed by atoms with Crippen LogP contribution in [-0.2, 0) is 14.3 Å². The van der Waals surface area contributed by atoms with E-state index < -0.39 is 12.0 Å². The van der Waals surface area contributed by atoms with E-state index in [-0.39, 0.29) is 18.1 Å². The Bertz CT molecular complexity index is 1450. The summed E-state index contributed by atoms with van der Waals surface area (Å²) >= 11 is 1.23. The first-order chi connectivity index (χ1) is 16.9. The van der Waals surface area contributed by atoms with Crippen LogP contribution >= 0.6 is 11.3 Å². The molecule has 0 spiro atoms. The van der Waals surface area contributed by atoms with Gasteiger partial charge < -0.3 is 14.8 Å². The second-order valence-corrected chi connectivity index (χ2v) is 8.66. The first-order valence-corrected chi connectivity index (χ1v) is 12.0. The number of ether oxygens (including phenoxy) is 2. The van der Waals surface area contributed by atoms with Crippen molar-refractivity contribution in [3.63, 3.8) is 0 Å². The van der Waals surface area contributed by atoms with Crippen LogP contribution in [0.15, 0.2) is 75.7 Å². The van der Waals surface area contributed by atoms with Crippen molar-refractivity contribution in [3.8, 4) is 0 Å². The van der Waals surface area contributed by atoms with E-state index in [0.717, 1.165) is 5.56 Å². The van der Waals surface area contributed by atoms with Gasteiger partial charge in [-0.25, -0.2) is 14.6 Å². The average molecular weight is 492 g/mol. The molecule has 1 aliphatic rings. The van der Waals surface area contributed by atoms with Crippen LogP contribution in [0.25, 0.3) is 6.20 Å². The van der Waals surface area contributed by atoms with Gasteiger partial charge in [-0.3, -0.25) is 9.36 Å². The van der Waals surface area contributed by atoms with E-state index in [1.807, 2.05) is 30.3 Å². The van der Waals surface area contributed by atoms with Crippen molar-refractivity contribution in [1.82, 2.24) is 4.57 Å². The number of benzene rings is 2. The molecule has 8 nitrogen and oxygen atoms in total. The number of hydrogen-bond acceptors (Lipinski definition) is 8.